The lowest BCUT2D eigenvalue weighted by molar-refractivity contribution is 0.628. The van der Waals surface area contributed by atoms with Crippen molar-refractivity contribution in [2.45, 2.75) is 6.92 Å². The molecule has 0 spiro atoms. The Morgan fingerprint density at radius 2 is 2.12 bits per heavy atom. The Kier molecular flexibility index (Phi) is 2.75. The SMILES string of the molecule is Cc1cc(C#N)c(=O)[nH]c1-c1cccc(F)c1. The van der Waals surface area contributed by atoms with E-state index in [9.17, 15) is 9.18 Å². The van der Waals surface area contributed by atoms with Crippen molar-refractivity contribution in [1.82, 2.24) is 4.98 Å². The summed E-state index contributed by atoms with van der Waals surface area (Å²) in [7, 11) is 0. The van der Waals surface area contributed by atoms with Crippen molar-refractivity contribution >= 4 is 0 Å². The monoisotopic (exact) mass is 228 g/mol. The molecule has 0 unspecified atom stereocenters. The van der Waals surface area contributed by atoms with Gasteiger partial charge in [-0.1, -0.05) is 12.1 Å². The molecule has 0 saturated carbocycles. The number of aromatic nitrogens is 1. The Morgan fingerprint density at radius 1 is 1.35 bits per heavy atom. The molecule has 0 aliphatic carbocycles. The van der Waals surface area contributed by atoms with Crippen molar-refractivity contribution in [2.75, 3.05) is 0 Å². The molecule has 0 aliphatic rings. The normalized spacial score (nSPS) is 9.94. The summed E-state index contributed by atoms with van der Waals surface area (Å²) >= 11 is 0. The number of aryl methyl sites for hydroxylation is 1. The van der Waals surface area contributed by atoms with Gasteiger partial charge in [0.1, 0.15) is 17.4 Å². The van der Waals surface area contributed by atoms with Crippen molar-refractivity contribution < 1.29 is 4.39 Å². The van der Waals surface area contributed by atoms with E-state index < -0.39 is 5.56 Å². The number of pyridine rings is 1. The van der Waals surface area contributed by atoms with E-state index in [4.69, 9.17) is 5.26 Å². The number of nitrogens with zero attached hydrogens (tertiary/aromatic N) is 1. The van der Waals surface area contributed by atoms with Crippen LogP contribution in [0.5, 0.6) is 0 Å². The highest BCUT2D eigenvalue weighted by atomic mass is 19.1. The van der Waals surface area contributed by atoms with Gasteiger partial charge in [-0.2, -0.15) is 5.26 Å². The smallest absolute Gasteiger partial charge is 0.266 e. The minimum atomic E-state index is -0.461. The highest BCUT2D eigenvalue weighted by Crippen LogP contribution is 2.20. The van der Waals surface area contributed by atoms with Crippen LogP contribution in [0.3, 0.4) is 0 Å². The second-order valence-electron chi connectivity index (χ2n) is 3.69. The zero-order valence-electron chi connectivity index (χ0n) is 9.12. The molecular weight excluding hydrogens is 219 g/mol. The highest BCUT2D eigenvalue weighted by Gasteiger charge is 2.07. The first-order valence-corrected chi connectivity index (χ1v) is 5.02. The minimum Gasteiger partial charge on any atom is -0.321 e. The fourth-order valence-corrected chi connectivity index (χ4v) is 1.66. The number of benzene rings is 1. The van der Waals surface area contributed by atoms with Gasteiger partial charge in [0, 0.05) is 5.56 Å². The van der Waals surface area contributed by atoms with E-state index in [2.05, 4.69) is 4.98 Å². The number of nitriles is 1. The second kappa shape index (κ2) is 4.22. The molecule has 0 radical (unpaired) electrons. The minimum absolute atomic E-state index is 0.0580. The topological polar surface area (TPSA) is 56.6 Å². The quantitative estimate of drug-likeness (QED) is 0.814. The lowest BCUT2D eigenvalue weighted by Gasteiger charge is -2.06. The van der Waals surface area contributed by atoms with Gasteiger partial charge in [-0.15, -0.1) is 0 Å². The summed E-state index contributed by atoms with van der Waals surface area (Å²) in [5.41, 5.74) is 1.45. The molecule has 1 aromatic carbocycles. The van der Waals surface area contributed by atoms with E-state index in [-0.39, 0.29) is 11.4 Å². The second-order valence-corrected chi connectivity index (χ2v) is 3.69. The van der Waals surface area contributed by atoms with Crippen molar-refractivity contribution in [2.24, 2.45) is 0 Å². The number of nitrogens with one attached hydrogen (secondary N) is 1. The number of aromatic amines is 1. The Bertz CT molecular complexity index is 668. The van der Waals surface area contributed by atoms with Crippen LogP contribution in [-0.2, 0) is 0 Å². The summed E-state index contributed by atoms with van der Waals surface area (Å²) in [6.07, 6.45) is 0. The van der Waals surface area contributed by atoms with Gasteiger partial charge in [-0.05, 0) is 30.7 Å². The molecule has 3 nitrogen and oxygen atoms in total. The van der Waals surface area contributed by atoms with Gasteiger partial charge in [0.2, 0.25) is 0 Å². The van der Waals surface area contributed by atoms with E-state index in [1.807, 2.05) is 6.07 Å². The van der Waals surface area contributed by atoms with Crippen molar-refractivity contribution in [3.05, 3.63) is 57.6 Å². The fourth-order valence-electron chi connectivity index (χ4n) is 1.66. The first kappa shape index (κ1) is 11.1. The highest BCUT2D eigenvalue weighted by molar-refractivity contribution is 5.63. The summed E-state index contributed by atoms with van der Waals surface area (Å²) in [5.74, 6) is -0.368. The van der Waals surface area contributed by atoms with Crippen LogP contribution in [0.2, 0.25) is 0 Å². The van der Waals surface area contributed by atoms with Crippen LogP contribution in [-0.4, -0.2) is 4.98 Å². The first-order chi connectivity index (χ1) is 8.11. The van der Waals surface area contributed by atoms with Gasteiger partial charge in [-0.3, -0.25) is 4.79 Å². The summed E-state index contributed by atoms with van der Waals surface area (Å²) in [5, 5.41) is 8.72. The molecule has 2 aromatic rings. The summed E-state index contributed by atoms with van der Waals surface area (Å²) in [4.78, 5) is 14.1. The standard InChI is InChI=1S/C13H9FN2O/c1-8-5-10(7-15)13(17)16-12(8)9-3-2-4-11(14)6-9/h2-6H,1H3,(H,16,17). The van der Waals surface area contributed by atoms with Crippen LogP contribution < -0.4 is 5.56 Å². The van der Waals surface area contributed by atoms with E-state index in [0.717, 1.165) is 5.56 Å². The lowest BCUT2D eigenvalue weighted by atomic mass is 10.1. The Labute approximate surface area is 97.2 Å². The number of rotatable bonds is 1. The number of hydrogen-bond acceptors (Lipinski definition) is 2. The average Bonchev–Trinajstić information content (AvgIpc) is 2.31. The third-order valence-electron chi connectivity index (χ3n) is 2.47. The third kappa shape index (κ3) is 2.08. The van der Waals surface area contributed by atoms with Crippen LogP contribution >= 0.6 is 0 Å². The van der Waals surface area contributed by atoms with E-state index in [1.165, 1.54) is 18.2 Å². The van der Waals surface area contributed by atoms with Crippen LogP contribution in [0.1, 0.15) is 11.1 Å². The molecule has 17 heavy (non-hydrogen) atoms. The number of H-pyrrole nitrogens is 1. The van der Waals surface area contributed by atoms with Gasteiger partial charge in [-0.25, -0.2) is 4.39 Å². The van der Waals surface area contributed by atoms with Gasteiger partial charge in [0.15, 0.2) is 0 Å². The largest absolute Gasteiger partial charge is 0.321 e. The molecule has 1 N–H and O–H groups in total. The molecule has 2 rings (SSSR count). The number of hydrogen-bond donors (Lipinski definition) is 1. The summed E-state index contributed by atoms with van der Waals surface area (Å²) in [6.45, 7) is 1.76. The van der Waals surface area contributed by atoms with Crippen molar-refractivity contribution in [3.8, 4) is 17.3 Å². The van der Waals surface area contributed by atoms with Crippen molar-refractivity contribution in [1.29, 1.82) is 5.26 Å². The maximum absolute atomic E-state index is 13.1. The molecule has 0 bridgehead atoms. The van der Waals surface area contributed by atoms with Gasteiger partial charge in [0.05, 0.1) is 5.69 Å². The lowest BCUT2D eigenvalue weighted by Crippen LogP contribution is -2.12. The zero-order chi connectivity index (χ0) is 12.4. The van der Waals surface area contributed by atoms with E-state index >= 15 is 0 Å². The average molecular weight is 228 g/mol. The molecule has 0 saturated heterocycles. The summed E-state index contributed by atoms with van der Waals surface area (Å²) in [6, 6.07) is 9.25. The molecule has 0 atom stereocenters. The molecule has 0 amide bonds. The molecule has 84 valence electrons. The van der Waals surface area contributed by atoms with Crippen LogP contribution in [0.4, 0.5) is 4.39 Å². The Balaban J connectivity index is 2.66. The van der Waals surface area contributed by atoms with Gasteiger partial charge in [0.25, 0.3) is 5.56 Å². The van der Waals surface area contributed by atoms with Crippen molar-refractivity contribution in [3.63, 3.8) is 0 Å². The summed E-state index contributed by atoms with van der Waals surface area (Å²) < 4.78 is 13.1. The number of halogens is 1. The van der Waals surface area contributed by atoms with Gasteiger partial charge < -0.3 is 4.98 Å². The molecule has 1 aromatic heterocycles. The van der Waals surface area contributed by atoms with Gasteiger partial charge >= 0.3 is 0 Å². The fraction of sp³-hybridized carbons (Fsp3) is 0.0769. The Morgan fingerprint density at radius 3 is 2.76 bits per heavy atom. The molecule has 4 heteroatoms. The molecule has 0 aliphatic heterocycles. The van der Waals surface area contributed by atoms with E-state index in [0.29, 0.717) is 11.3 Å². The zero-order valence-corrected chi connectivity index (χ0v) is 9.12. The molecule has 1 heterocycles. The predicted molar refractivity (Wildman–Crippen MR) is 61.9 cm³/mol. The van der Waals surface area contributed by atoms with E-state index in [1.54, 1.807) is 19.1 Å². The predicted octanol–water partition coefficient (Wildman–Crippen LogP) is 2.36. The van der Waals surface area contributed by atoms with Crippen LogP contribution in [0.25, 0.3) is 11.3 Å². The third-order valence-corrected chi connectivity index (χ3v) is 2.47. The maximum Gasteiger partial charge on any atom is 0.266 e. The Hall–Kier alpha value is -2.41. The van der Waals surface area contributed by atoms with Crippen LogP contribution in [0.15, 0.2) is 35.1 Å². The molecular formula is C13H9FN2O. The van der Waals surface area contributed by atoms with Crippen LogP contribution in [0, 0.1) is 24.1 Å². The first-order valence-electron chi connectivity index (χ1n) is 5.02. The maximum atomic E-state index is 13.1. The molecule has 0 fully saturated rings.